The normalized spacial score (nSPS) is 11.9. The van der Waals surface area contributed by atoms with Crippen molar-refractivity contribution in [2.75, 3.05) is 17.7 Å². The molecular weight excluding hydrogens is 509 g/mol. The van der Waals surface area contributed by atoms with Gasteiger partial charge in [-0.05, 0) is 55.3 Å². The Kier molecular flexibility index (Phi) is 9.42. The molecule has 1 aromatic heterocycles. The first kappa shape index (κ1) is 26.8. The number of carbonyl (C=O) groups excluding carboxylic acids is 2. The third-order valence-corrected chi connectivity index (χ3v) is 6.82. The standard InChI is InChI=1S/C24H27Cl2N5O3S/c1-5-34-17-9-7-16(8-10-17)27-20(32)13-35-24-30-29-22(31(24)4)21(14(2)3)28-23(33)15-6-11-18(25)19(26)12-15/h6-12,14,21H,5,13H2,1-4H3,(H,27,32)(H,28,33)/t21-/m1/s1. The number of nitrogens with one attached hydrogen (secondary N) is 2. The molecule has 0 fully saturated rings. The second-order valence-electron chi connectivity index (χ2n) is 8.02. The number of amides is 2. The highest BCUT2D eigenvalue weighted by Crippen LogP contribution is 2.26. The number of nitrogens with zero attached hydrogens (tertiary/aromatic N) is 3. The van der Waals surface area contributed by atoms with Gasteiger partial charge in [-0.3, -0.25) is 9.59 Å². The summed E-state index contributed by atoms with van der Waals surface area (Å²) in [7, 11) is 1.81. The quantitative estimate of drug-likeness (QED) is 0.338. The van der Waals surface area contributed by atoms with Crippen LogP contribution in [0.3, 0.4) is 0 Å². The lowest BCUT2D eigenvalue weighted by atomic mass is 10.0. The fourth-order valence-corrected chi connectivity index (χ4v) is 4.26. The average molecular weight is 536 g/mol. The molecule has 0 saturated carbocycles. The fraction of sp³-hybridized carbons (Fsp3) is 0.333. The number of carbonyl (C=O) groups is 2. The molecule has 2 aromatic carbocycles. The number of thioether (sulfide) groups is 1. The zero-order chi connectivity index (χ0) is 25.5. The third kappa shape index (κ3) is 7.13. The topological polar surface area (TPSA) is 98.1 Å². The number of ether oxygens (including phenoxy) is 1. The lowest BCUT2D eigenvalue weighted by molar-refractivity contribution is -0.113. The van der Waals surface area contributed by atoms with E-state index >= 15 is 0 Å². The number of anilines is 1. The van der Waals surface area contributed by atoms with E-state index < -0.39 is 6.04 Å². The van der Waals surface area contributed by atoms with Crippen molar-refractivity contribution in [2.24, 2.45) is 13.0 Å². The van der Waals surface area contributed by atoms with E-state index in [1.165, 1.54) is 17.8 Å². The maximum atomic E-state index is 12.8. The molecule has 2 N–H and O–H groups in total. The van der Waals surface area contributed by atoms with Gasteiger partial charge in [-0.2, -0.15) is 0 Å². The van der Waals surface area contributed by atoms with E-state index in [-0.39, 0.29) is 23.5 Å². The van der Waals surface area contributed by atoms with Gasteiger partial charge in [0.2, 0.25) is 5.91 Å². The van der Waals surface area contributed by atoms with E-state index in [4.69, 9.17) is 27.9 Å². The molecule has 0 aliphatic heterocycles. The Hall–Kier alpha value is -2.75. The molecule has 3 aromatic rings. The highest BCUT2D eigenvalue weighted by atomic mass is 35.5. The van der Waals surface area contributed by atoms with Gasteiger partial charge in [0.1, 0.15) is 5.75 Å². The Morgan fingerprint density at radius 3 is 2.43 bits per heavy atom. The molecule has 0 radical (unpaired) electrons. The van der Waals surface area contributed by atoms with Gasteiger partial charge in [0.05, 0.1) is 28.4 Å². The molecule has 1 heterocycles. The number of rotatable bonds is 10. The van der Waals surface area contributed by atoms with Gasteiger partial charge in [0.25, 0.3) is 5.91 Å². The summed E-state index contributed by atoms with van der Waals surface area (Å²) in [5, 5.41) is 15.6. The summed E-state index contributed by atoms with van der Waals surface area (Å²) in [4.78, 5) is 25.2. The minimum atomic E-state index is -0.401. The van der Waals surface area contributed by atoms with Crippen LogP contribution in [0.15, 0.2) is 47.6 Å². The van der Waals surface area contributed by atoms with E-state index in [1.54, 1.807) is 41.0 Å². The Morgan fingerprint density at radius 1 is 1.09 bits per heavy atom. The van der Waals surface area contributed by atoms with Crippen LogP contribution >= 0.6 is 35.0 Å². The van der Waals surface area contributed by atoms with Gasteiger partial charge >= 0.3 is 0 Å². The van der Waals surface area contributed by atoms with E-state index in [9.17, 15) is 9.59 Å². The molecular formula is C24H27Cl2N5O3S. The van der Waals surface area contributed by atoms with Crippen LogP contribution in [0.2, 0.25) is 10.0 Å². The molecule has 3 rings (SSSR count). The molecule has 35 heavy (non-hydrogen) atoms. The molecule has 0 bridgehead atoms. The van der Waals surface area contributed by atoms with E-state index in [0.717, 1.165) is 5.75 Å². The molecule has 0 spiro atoms. The molecule has 8 nitrogen and oxygen atoms in total. The number of benzene rings is 2. The van der Waals surface area contributed by atoms with Crippen molar-refractivity contribution in [3.63, 3.8) is 0 Å². The van der Waals surface area contributed by atoms with Gasteiger partial charge in [0, 0.05) is 18.3 Å². The van der Waals surface area contributed by atoms with Gasteiger partial charge in [-0.25, -0.2) is 0 Å². The van der Waals surface area contributed by atoms with Gasteiger partial charge in [-0.15, -0.1) is 10.2 Å². The zero-order valence-electron chi connectivity index (χ0n) is 19.8. The predicted octanol–water partition coefficient (Wildman–Crippen LogP) is 5.38. The van der Waals surface area contributed by atoms with Crippen LogP contribution in [0, 0.1) is 5.92 Å². The SMILES string of the molecule is CCOc1ccc(NC(=O)CSc2nnc([C@H](NC(=O)c3ccc(Cl)c(Cl)c3)C(C)C)n2C)cc1. The second kappa shape index (κ2) is 12.3. The van der Waals surface area contributed by atoms with Crippen molar-refractivity contribution in [3.8, 4) is 5.75 Å². The maximum Gasteiger partial charge on any atom is 0.251 e. The van der Waals surface area contributed by atoms with Crippen LogP contribution in [0.4, 0.5) is 5.69 Å². The Labute approximate surface area is 218 Å². The zero-order valence-corrected chi connectivity index (χ0v) is 22.2. The molecule has 2 amide bonds. The summed E-state index contributed by atoms with van der Waals surface area (Å²) < 4.78 is 7.20. The Bertz CT molecular complexity index is 1180. The van der Waals surface area contributed by atoms with Crippen molar-refractivity contribution < 1.29 is 14.3 Å². The Morgan fingerprint density at radius 2 is 1.80 bits per heavy atom. The van der Waals surface area contributed by atoms with Crippen molar-refractivity contribution >= 4 is 52.5 Å². The summed E-state index contributed by atoms with van der Waals surface area (Å²) in [5.74, 6) is 1.05. The van der Waals surface area contributed by atoms with E-state index in [1.807, 2.05) is 27.8 Å². The van der Waals surface area contributed by atoms with Crippen LogP contribution in [-0.4, -0.2) is 38.9 Å². The van der Waals surface area contributed by atoms with Crippen LogP contribution in [0.1, 0.15) is 43.0 Å². The predicted molar refractivity (Wildman–Crippen MR) is 139 cm³/mol. The van der Waals surface area contributed by atoms with Crippen molar-refractivity contribution in [1.29, 1.82) is 0 Å². The smallest absolute Gasteiger partial charge is 0.251 e. The lowest BCUT2D eigenvalue weighted by Gasteiger charge is -2.22. The number of hydrogen-bond donors (Lipinski definition) is 2. The largest absolute Gasteiger partial charge is 0.494 e. The number of halogens is 2. The minimum absolute atomic E-state index is 0.0328. The molecule has 186 valence electrons. The third-order valence-electron chi connectivity index (χ3n) is 5.06. The first-order valence-corrected chi connectivity index (χ1v) is 12.7. The van der Waals surface area contributed by atoms with Crippen molar-refractivity contribution in [1.82, 2.24) is 20.1 Å². The van der Waals surface area contributed by atoms with Crippen LogP contribution < -0.4 is 15.4 Å². The minimum Gasteiger partial charge on any atom is -0.494 e. The van der Waals surface area contributed by atoms with Gasteiger partial charge in [-0.1, -0.05) is 48.8 Å². The monoisotopic (exact) mass is 535 g/mol. The first-order chi connectivity index (χ1) is 16.7. The highest BCUT2D eigenvalue weighted by molar-refractivity contribution is 7.99. The van der Waals surface area contributed by atoms with Gasteiger partial charge in [0.15, 0.2) is 11.0 Å². The number of aromatic nitrogens is 3. The fourth-order valence-electron chi connectivity index (χ4n) is 3.24. The van der Waals surface area contributed by atoms with E-state index in [0.29, 0.717) is 38.9 Å². The first-order valence-electron chi connectivity index (χ1n) is 11.0. The van der Waals surface area contributed by atoms with Crippen LogP contribution in [0.25, 0.3) is 0 Å². The van der Waals surface area contributed by atoms with Crippen LogP contribution in [0.5, 0.6) is 5.75 Å². The molecule has 0 aliphatic carbocycles. The second-order valence-corrected chi connectivity index (χ2v) is 9.77. The van der Waals surface area contributed by atoms with Crippen LogP contribution in [-0.2, 0) is 11.8 Å². The highest BCUT2D eigenvalue weighted by Gasteiger charge is 2.25. The number of hydrogen-bond acceptors (Lipinski definition) is 6. The summed E-state index contributed by atoms with van der Waals surface area (Å²) in [6.45, 7) is 6.45. The summed E-state index contributed by atoms with van der Waals surface area (Å²) in [6, 6.07) is 11.5. The molecule has 0 unspecified atom stereocenters. The van der Waals surface area contributed by atoms with E-state index in [2.05, 4.69) is 20.8 Å². The molecule has 0 saturated heterocycles. The molecule has 11 heteroatoms. The summed E-state index contributed by atoms with van der Waals surface area (Å²) in [6.07, 6.45) is 0. The molecule has 0 aliphatic rings. The maximum absolute atomic E-state index is 12.8. The average Bonchev–Trinajstić information content (AvgIpc) is 3.18. The van der Waals surface area contributed by atoms with Crippen molar-refractivity contribution in [2.45, 2.75) is 32.0 Å². The summed E-state index contributed by atoms with van der Waals surface area (Å²) in [5.41, 5.74) is 1.08. The van der Waals surface area contributed by atoms with Gasteiger partial charge < -0.3 is 19.9 Å². The molecule has 1 atom stereocenters. The lowest BCUT2D eigenvalue weighted by Crippen LogP contribution is -2.33. The van der Waals surface area contributed by atoms with Crippen molar-refractivity contribution in [3.05, 3.63) is 63.9 Å². The Balaban J connectivity index is 1.63. The summed E-state index contributed by atoms with van der Waals surface area (Å²) >= 11 is 13.3.